The Bertz CT molecular complexity index is 276. The van der Waals surface area contributed by atoms with Crippen LogP contribution < -0.4 is 0 Å². The zero-order chi connectivity index (χ0) is 11.2. The zero-order valence-electron chi connectivity index (χ0n) is 9.02. The van der Waals surface area contributed by atoms with Crippen LogP contribution in [0.1, 0.15) is 33.6 Å². The van der Waals surface area contributed by atoms with E-state index in [2.05, 4.69) is 4.99 Å². The summed E-state index contributed by atoms with van der Waals surface area (Å²) in [4.78, 5) is 4.15. The molecular formula is C9H19NO3S. The van der Waals surface area contributed by atoms with E-state index in [1.165, 1.54) is 6.92 Å². The van der Waals surface area contributed by atoms with Gasteiger partial charge in [0.15, 0.2) is 15.3 Å². The summed E-state index contributed by atoms with van der Waals surface area (Å²) in [6.45, 7) is 5.76. The number of nitrogens with zero attached hydrogens (tertiary/aromatic N) is 1. The molecule has 0 radical (unpaired) electrons. The highest BCUT2D eigenvalue weighted by Gasteiger charge is 2.16. The zero-order valence-corrected chi connectivity index (χ0v) is 9.84. The molecule has 1 atom stereocenters. The molecule has 4 nitrogen and oxygen atoms in total. The topological polar surface area (TPSA) is 66.7 Å². The van der Waals surface area contributed by atoms with Crippen molar-refractivity contribution < 1.29 is 13.5 Å². The van der Waals surface area contributed by atoms with Crippen LogP contribution in [0, 0.1) is 0 Å². The van der Waals surface area contributed by atoms with Crippen molar-refractivity contribution in [2.24, 2.45) is 4.99 Å². The van der Waals surface area contributed by atoms with Gasteiger partial charge in [-0.25, -0.2) is 8.42 Å². The first-order valence-electron chi connectivity index (χ1n) is 4.73. The van der Waals surface area contributed by atoms with E-state index >= 15 is 0 Å². The van der Waals surface area contributed by atoms with Crippen molar-refractivity contribution in [2.45, 2.75) is 39.0 Å². The first kappa shape index (κ1) is 13.6. The number of aliphatic imine (C=N–C) groups is 1. The minimum absolute atomic E-state index is 0.0446. The quantitative estimate of drug-likeness (QED) is 0.537. The summed E-state index contributed by atoms with van der Waals surface area (Å²) < 4.78 is 22.3. The van der Waals surface area contributed by atoms with E-state index in [9.17, 15) is 8.42 Å². The Morgan fingerprint density at radius 3 is 2.36 bits per heavy atom. The number of hydrogen-bond acceptors (Lipinski definition) is 4. The van der Waals surface area contributed by atoms with Crippen LogP contribution in [-0.4, -0.2) is 37.0 Å². The Morgan fingerprint density at radius 2 is 1.93 bits per heavy atom. The van der Waals surface area contributed by atoms with Crippen molar-refractivity contribution in [3.63, 3.8) is 0 Å². The number of sulfone groups is 1. The Labute approximate surface area is 86.0 Å². The number of unbranched alkanes of at least 4 members (excludes halogenated alkanes) is 1. The fourth-order valence-electron chi connectivity index (χ4n) is 0.888. The summed E-state index contributed by atoms with van der Waals surface area (Å²) in [5.74, 6) is 0.0446. The summed E-state index contributed by atoms with van der Waals surface area (Å²) >= 11 is 0. The molecule has 1 N–H and O–H groups in total. The van der Waals surface area contributed by atoms with E-state index in [-0.39, 0.29) is 5.75 Å². The SMILES string of the molecule is CC(C)=NCCCCS(=O)(=O)C(C)O. The maximum atomic E-state index is 11.1. The third-order valence-electron chi connectivity index (χ3n) is 1.78. The number of aliphatic hydroxyl groups is 1. The van der Waals surface area contributed by atoms with Crippen molar-refractivity contribution in [1.82, 2.24) is 0 Å². The van der Waals surface area contributed by atoms with Crippen molar-refractivity contribution in [2.75, 3.05) is 12.3 Å². The fraction of sp³-hybridized carbons (Fsp3) is 0.889. The molecule has 5 heteroatoms. The molecule has 1 unspecified atom stereocenters. The molecule has 0 aromatic heterocycles. The molecule has 84 valence electrons. The molecule has 0 spiro atoms. The lowest BCUT2D eigenvalue weighted by atomic mass is 10.3. The highest BCUT2D eigenvalue weighted by molar-refractivity contribution is 7.91. The van der Waals surface area contributed by atoms with Gasteiger partial charge in [0, 0.05) is 12.3 Å². The Balaban J connectivity index is 3.71. The molecule has 0 aliphatic heterocycles. The van der Waals surface area contributed by atoms with Crippen molar-refractivity contribution in [1.29, 1.82) is 0 Å². The summed E-state index contributed by atoms with van der Waals surface area (Å²) in [5, 5.41) is 8.91. The molecule has 0 rings (SSSR count). The third-order valence-corrected chi connectivity index (χ3v) is 3.68. The smallest absolute Gasteiger partial charge is 0.176 e. The van der Waals surface area contributed by atoms with Gasteiger partial charge < -0.3 is 5.11 Å². The van der Waals surface area contributed by atoms with E-state index < -0.39 is 15.3 Å². The highest BCUT2D eigenvalue weighted by atomic mass is 32.2. The standard InChI is InChI=1S/C9H19NO3S/c1-8(2)10-6-4-5-7-14(12,13)9(3)11/h9,11H,4-7H2,1-3H3. The molecule has 0 aliphatic rings. The Morgan fingerprint density at radius 1 is 1.36 bits per heavy atom. The molecule has 0 saturated heterocycles. The molecule has 0 amide bonds. The average Bonchev–Trinajstić information content (AvgIpc) is 2.02. The van der Waals surface area contributed by atoms with Crippen LogP contribution in [0.5, 0.6) is 0 Å². The van der Waals surface area contributed by atoms with E-state index in [1.807, 2.05) is 13.8 Å². The maximum Gasteiger partial charge on any atom is 0.176 e. The minimum atomic E-state index is -3.29. The van der Waals surface area contributed by atoms with Crippen LogP contribution in [0.4, 0.5) is 0 Å². The predicted molar refractivity (Wildman–Crippen MR) is 58.4 cm³/mol. The largest absolute Gasteiger partial charge is 0.377 e. The first-order valence-corrected chi connectivity index (χ1v) is 6.45. The first-order chi connectivity index (χ1) is 6.36. The lowest BCUT2D eigenvalue weighted by molar-refractivity contribution is 0.268. The van der Waals surface area contributed by atoms with Gasteiger partial charge in [-0.2, -0.15) is 0 Å². The molecule has 0 aromatic rings. The number of hydrogen-bond donors (Lipinski definition) is 1. The Kier molecular flexibility index (Phi) is 5.95. The van der Waals surface area contributed by atoms with Crippen LogP contribution >= 0.6 is 0 Å². The summed E-state index contributed by atoms with van der Waals surface area (Å²) in [6, 6.07) is 0. The molecule has 0 aliphatic carbocycles. The number of aliphatic hydroxyl groups excluding tert-OH is 1. The van der Waals surface area contributed by atoms with Gasteiger partial charge in [0.05, 0.1) is 5.75 Å². The fourth-order valence-corrected chi connectivity index (χ4v) is 1.84. The lowest BCUT2D eigenvalue weighted by Crippen LogP contribution is -2.20. The maximum absolute atomic E-state index is 11.1. The van der Waals surface area contributed by atoms with Crippen LogP contribution in [0.25, 0.3) is 0 Å². The summed E-state index contributed by atoms with van der Waals surface area (Å²) in [7, 11) is -3.29. The van der Waals surface area contributed by atoms with Crippen LogP contribution in [-0.2, 0) is 9.84 Å². The molecule has 0 saturated carbocycles. The van der Waals surface area contributed by atoms with Gasteiger partial charge in [-0.05, 0) is 33.6 Å². The second-order valence-corrected chi connectivity index (χ2v) is 5.92. The molecule has 0 bridgehead atoms. The highest BCUT2D eigenvalue weighted by Crippen LogP contribution is 2.02. The van der Waals surface area contributed by atoms with Crippen molar-refractivity contribution >= 4 is 15.5 Å². The van der Waals surface area contributed by atoms with Crippen LogP contribution in [0.3, 0.4) is 0 Å². The molecule has 0 heterocycles. The molecule has 0 fully saturated rings. The minimum Gasteiger partial charge on any atom is -0.377 e. The normalized spacial score (nSPS) is 13.7. The Hall–Kier alpha value is -0.420. The van der Waals surface area contributed by atoms with Gasteiger partial charge in [0.2, 0.25) is 0 Å². The third kappa shape index (κ3) is 6.10. The van der Waals surface area contributed by atoms with Gasteiger partial charge in [0.1, 0.15) is 0 Å². The van der Waals surface area contributed by atoms with Crippen molar-refractivity contribution in [3.8, 4) is 0 Å². The van der Waals surface area contributed by atoms with E-state index in [0.717, 1.165) is 12.1 Å². The molecule has 14 heavy (non-hydrogen) atoms. The van der Waals surface area contributed by atoms with Gasteiger partial charge in [0.25, 0.3) is 0 Å². The van der Waals surface area contributed by atoms with Crippen LogP contribution in [0.2, 0.25) is 0 Å². The van der Waals surface area contributed by atoms with Gasteiger partial charge in [-0.1, -0.05) is 0 Å². The molecule has 0 aromatic carbocycles. The average molecular weight is 221 g/mol. The van der Waals surface area contributed by atoms with Gasteiger partial charge in [-0.3, -0.25) is 4.99 Å². The summed E-state index contributed by atoms with van der Waals surface area (Å²) in [6.07, 6.45) is 1.31. The van der Waals surface area contributed by atoms with E-state index in [1.54, 1.807) is 0 Å². The van der Waals surface area contributed by atoms with Crippen LogP contribution in [0.15, 0.2) is 4.99 Å². The monoisotopic (exact) mass is 221 g/mol. The lowest BCUT2D eigenvalue weighted by Gasteiger charge is -2.05. The van der Waals surface area contributed by atoms with Crippen molar-refractivity contribution in [3.05, 3.63) is 0 Å². The second-order valence-electron chi connectivity index (χ2n) is 3.50. The van der Waals surface area contributed by atoms with E-state index in [4.69, 9.17) is 5.11 Å². The van der Waals surface area contributed by atoms with Gasteiger partial charge >= 0.3 is 0 Å². The molecular weight excluding hydrogens is 202 g/mol. The van der Waals surface area contributed by atoms with Gasteiger partial charge in [-0.15, -0.1) is 0 Å². The second kappa shape index (κ2) is 6.14. The van der Waals surface area contributed by atoms with E-state index in [0.29, 0.717) is 13.0 Å². The number of rotatable bonds is 6. The summed E-state index contributed by atoms with van der Waals surface area (Å²) in [5.41, 5.74) is -0.248. The predicted octanol–water partition coefficient (Wildman–Crippen LogP) is 1.00.